The number of halogens is 1. The molecule has 1 aromatic rings. The van der Waals surface area contributed by atoms with Gasteiger partial charge in [0.2, 0.25) is 0 Å². The van der Waals surface area contributed by atoms with Crippen molar-refractivity contribution in [3.05, 3.63) is 24.3 Å². The van der Waals surface area contributed by atoms with Gasteiger partial charge in [-0.15, -0.1) is 12.4 Å². The first kappa shape index (κ1) is 18.1. The van der Waals surface area contributed by atoms with Crippen molar-refractivity contribution in [2.75, 3.05) is 33.4 Å². The Labute approximate surface area is 134 Å². The molecule has 4 nitrogen and oxygen atoms in total. The van der Waals surface area contributed by atoms with Crippen LogP contribution in [0.3, 0.4) is 0 Å². The maximum absolute atomic E-state index is 5.96. The van der Waals surface area contributed by atoms with Crippen LogP contribution >= 0.6 is 12.4 Å². The molecule has 0 aliphatic carbocycles. The zero-order valence-electron chi connectivity index (χ0n) is 13.0. The minimum atomic E-state index is 0. The highest BCUT2D eigenvalue weighted by Crippen LogP contribution is 2.20. The average molecular weight is 315 g/mol. The standard InChI is InChI=1S/C16H26N2O2.ClH/c1-13(17)14-7-9-18(10-8-14)11-12-20-16-5-3-15(19-2)4-6-16;/h3-6,13-14H,7-12,17H2,1-2H3;1H. The molecule has 0 bridgehead atoms. The van der Waals surface area contributed by atoms with Gasteiger partial charge in [-0.05, 0) is 63.0 Å². The minimum Gasteiger partial charge on any atom is -0.497 e. The summed E-state index contributed by atoms with van der Waals surface area (Å²) < 4.78 is 10.9. The fraction of sp³-hybridized carbons (Fsp3) is 0.625. The fourth-order valence-corrected chi connectivity index (χ4v) is 2.67. The van der Waals surface area contributed by atoms with E-state index >= 15 is 0 Å². The molecule has 1 aliphatic heterocycles. The first-order valence-corrected chi connectivity index (χ1v) is 7.44. The molecule has 21 heavy (non-hydrogen) atoms. The van der Waals surface area contributed by atoms with Gasteiger partial charge in [-0.3, -0.25) is 4.90 Å². The number of nitrogens with two attached hydrogens (primary N) is 1. The van der Waals surface area contributed by atoms with Crippen LogP contribution in [0.2, 0.25) is 0 Å². The molecule has 1 heterocycles. The molecule has 0 aromatic heterocycles. The van der Waals surface area contributed by atoms with Gasteiger partial charge in [0.05, 0.1) is 7.11 Å². The van der Waals surface area contributed by atoms with Crippen LogP contribution in [0.1, 0.15) is 19.8 Å². The van der Waals surface area contributed by atoms with E-state index in [9.17, 15) is 0 Å². The lowest BCUT2D eigenvalue weighted by Gasteiger charge is -2.33. The van der Waals surface area contributed by atoms with Crippen LogP contribution < -0.4 is 15.2 Å². The van der Waals surface area contributed by atoms with Crippen LogP contribution in [0.25, 0.3) is 0 Å². The zero-order chi connectivity index (χ0) is 14.4. The third-order valence-corrected chi connectivity index (χ3v) is 4.11. The summed E-state index contributed by atoms with van der Waals surface area (Å²) in [6.07, 6.45) is 2.42. The second-order valence-corrected chi connectivity index (χ2v) is 5.56. The molecule has 1 saturated heterocycles. The van der Waals surface area contributed by atoms with Crippen LogP contribution in [0.4, 0.5) is 0 Å². The number of benzene rings is 1. The Balaban J connectivity index is 0.00000220. The first-order chi connectivity index (χ1) is 9.69. The zero-order valence-corrected chi connectivity index (χ0v) is 13.8. The number of hydrogen-bond donors (Lipinski definition) is 1. The molecule has 1 aromatic carbocycles. The van der Waals surface area contributed by atoms with Crippen LogP contribution in [-0.2, 0) is 0 Å². The fourth-order valence-electron chi connectivity index (χ4n) is 2.67. The summed E-state index contributed by atoms with van der Waals surface area (Å²) in [6.45, 7) is 6.11. The summed E-state index contributed by atoms with van der Waals surface area (Å²) in [7, 11) is 1.67. The van der Waals surface area contributed by atoms with Crippen molar-refractivity contribution < 1.29 is 9.47 Å². The molecule has 2 N–H and O–H groups in total. The predicted molar refractivity (Wildman–Crippen MR) is 88.6 cm³/mol. The van der Waals surface area contributed by atoms with Gasteiger partial charge in [0.15, 0.2) is 0 Å². The lowest BCUT2D eigenvalue weighted by molar-refractivity contribution is 0.147. The summed E-state index contributed by atoms with van der Waals surface area (Å²) in [4.78, 5) is 2.46. The quantitative estimate of drug-likeness (QED) is 0.876. The van der Waals surface area contributed by atoms with Gasteiger partial charge < -0.3 is 15.2 Å². The molecule has 1 fully saturated rings. The Kier molecular flexibility index (Phi) is 7.86. The van der Waals surface area contributed by atoms with E-state index in [1.165, 1.54) is 12.8 Å². The molecule has 0 radical (unpaired) electrons. The van der Waals surface area contributed by atoms with Gasteiger partial charge in [0.1, 0.15) is 18.1 Å². The van der Waals surface area contributed by atoms with Gasteiger partial charge in [0, 0.05) is 12.6 Å². The summed E-state index contributed by atoms with van der Waals surface area (Å²) in [5, 5.41) is 0. The van der Waals surface area contributed by atoms with Crippen molar-refractivity contribution in [1.82, 2.24) is 4.90 Å². The molecule has 0 spiro atoms. The van der Waals surface area contributed by atoms with Gasteiger partial charge in [-0.25, -0.2) is 0 Å². The van der Waals surface area contributed by atoms with Crippen LogP contribution in [-0.4, -0.2) is 44.3 Å². The first-order valence-electron chi connectivity index (χ1n) is 7.44. The molecule has 2 rings (SSSR count). The smallest absolute Gasteiger partial charge is 0.119 e. The van der Waals surface area contributed by atoms with Crippen molar-refractivity contribution in [2.45, 2.75) is 25.8 Å². The van der Waals surface area contributed by atoms with Gasteiger partial charge in [-0.2, -0.15) is 0 Å². The van der Waals surface area contributed by atoms with E-state index in [0.29, 0.717) is 12.0 Å². The van der Waals surface area contributed by atoms with Gasteiger partial charge in [0.25, 0.3) is 0 Å². The lowest BCUT2D eigenvalue weighted by Crippen LogP contribution is -2.41. The Morgan fingerprint density at radius 3 is 2.29 bits per heavy atom. The Morgan fingerprint density at radius 2 is 1.76 bits per heavy atom. The maximum Gasteiger partial charge on any atom is 0.119 e. The number of likely N-dealkylation sites (tertiary alicyclic amines) is 1. The van der Waals surface area contributed by atoms with E-state index in [4.69, 9.17) is 15.2 Å². The topological polar surface area (TPSA) is 47.7 Å². The van der Waals surface area contributed by atoms with Crippen molar-refractivity contribution in [3.8, 4) is 11.5 Å². The summed E-state index contributed by atoms with van der Waals surface area (Å²) >= 11 is 0. The molecule has 0 saturated carbocycles. The highest BCUT2D eigenvalue weighted by atomic mass is 35.5. The molecule has 0 amide bonds. The second kappa shape index (κ2) is 9.13. The number of hydrogen-bond acceptors (Lipinski definition) is 4. The van der Waals surface area contributed by atoms with E-state index in [1.54, 1.807) is 7.11 Å². The number of methoxy groups -OCH3 is 1. The van der Waals surface area contributed by atoms with Crippen molar-refractivity contribution in [1.29, 1.82) is 0 Å². The molecule has 5 heteroatoms. The van der Waals surface area contributed by atoms with Crippen molar-refractivity contribution in [3.63, 3.8) is 0 Å². The Morgan fingerprint density at radius 1 is 1.19 bits per heavy atom. The van der Waals surface area contributed by atoms with E-state index in [0.717, 1.165) is 37.7 Å². The predicted octanol–water partition coefficient (Wildman–Crippen LogP) is 2.56. The summed E-state index contributed by atoms with van der Waals surface area (Å²) in [5.41, 5.74) is 5.96. The summed E-state index contributed by atoms with van der Waals surface area (Å²) in [6, 6.07) is 8.06. The highest BCUT2D eigenvalue weighted by Gasteiger charge is 2.21. The van der Waals surface area contributed by atoms with E-state index < -0.39 is 0 Å². The molecular formula is C16H27ClN2O2. The summed E-state index contributed by atoms with van der Waals surface area (Å²) in [5.74, 6) is 2.44. The monoisotopic (exact) mass is 314 g/mol. The van der Waals surface area contributed by atoms with Crippen LogP contribution in [0.5, 0.6) is 11.5 Å². The average Bonchev–Trinajstić information content (AvgIpc) is 2.48. The minimum absolute atomic E-state index is 0. The maximum atomic E-state index is 5.96. The number of rotatable bonds is 6. The highest BCUT2D eigenvalue weighted by molar-refractivity contribution is 5.85. The SMILES string of the molecule is COc1ccc(OCCN2CCC(C(C)N)CC2)cc1.Cl. The number of piperidine rings is 1. The number of nitrogens with zero attached hydrogens (tertiary/aromatic N) is 1. The van der Waals surface area contributed by atoms with Crippen LogP contribution in [0, 0.1) is 5.92 Å². The van der Waals surface area contributed by atoms with Crippen molar-refractivity contribution in [2.24, 2.45) is 11.7 Å². The number of ether oxygens (including phenoxy) is 2. The lowest BCUT2D eigenvalue weighted by atomic mass is 9.91. The van der Waals surface area contributed by atoms with Crippen molar-refractivity contribution >= 4 is 12.4 Å². The second-order valence-electron chi connectivity index (χ2n) is 5.56. The molecular weight excluding hydrogens is 288 g/mol. The third-order valence-electron chi connectivity index (χ3n) is 4.11. The normalized spacial score (nSPS) is 17.9. The molecule has 1 atom stereocenters. The van der Waals surface area contributed by atoms with E-state index in [1.807, 2.05) is 24.3 Å². The largest absolute Gasteiger partial charge is 0.497 e. The van der Waals surface area contributed by atoms with E-state index in [2.05, 4.69) is 11.8 Å². The van der Waals surface area contributed by atoms with Gasteiger partial charge >= 0.3 is 0 Å². The molecule has 1 unspecified atom stereocenters. The Bertz CT molecular complexity index is 390. The van der Waals surface area contributed by atoms with Gasteiger partial charge in [-0.1, -0.05) is 0 Å². The third kappa shape index (κ3) is 5.73. The molecule has 1 aliphatic rings. The Hall–Kier alpha value is -0.970. The van der Waals surface area contributed by atoms with Crippen LogP contribution in [0.15, 0.2) is 24.3 Å². The van der Waals surface area contributed by atoms with E-state index in [-0.39, 0.29) is 12.4 Å². The molecule has 120 valence electrons.